The summed E-state index contributed by atoms with van der Waals surface area (Å²) in [5.74, 6) is -0.359. The van der Waals surface area contributed by atoms with Crippen molar-refractivity contribution in [3.05, 3.63) is 108 Å². The molecule has 1 aliphatic rings. The van der Waals surface area contributed by atoms with E-state index in [0.717, 1.165) is 25.9 Å². The number of aromatic nitrogens is 2. The number of nitrogens with one attached hydrogen (secondary N) is 2. The Labute approximate surface area is 262 Å². The van der Waals surface area contributed by atoms with Crippen molar-refractivity contribution in [1.82, 2.24) is 20.4 Å². The van der Waals surface area contributed by atoms with Gasteiger partial charge < -0.3 is 19.7 Å². The number of rotatable bonds is 11. The topological polar surface area (TPSA) is 96.5 Å². The van der Waals surface area contributed by atoms with Gasteiger partial charge in [-0.15, -0.1) is 0 Å². The van der Waals surface area contributed by atoms with Gasteiger partial charge in [0.05, 0.1) is 23.9 Å². The van der Waals surface area contributed by atoms with E-state index in [1.807, 2.05) is 0 Å². The highest BCUT2D eigenvalue weighted by Gasteiger charge is 2.31. The van der Waals surface area contributed by atoms with Gasteiger partial charge in [0.15, 0.2) is 0 Å². The second kappa shape index (κ2) is 14.8. The molecule has 46 heavy (non-hydrogen) atoms. The number of carbonyl (C=O) groups excluding carboxylic acids is 2. The van der Waals surface area contributed by atoms with Crippen LogP contribution in [0.5, 0.6) is 5.75 Å². The first-order valence-electron chi connectivity index (χ1n) is 14.8. The molecule has 2 heterocycles. The molecule has 0 radical (unpaired) electrons. The lowest BCUT2D eigenvalue weighted by Crippen LogP contribution is -2.29. The second-order valence-electron chi connectivity index (χ2n) is 10.6. The molecule has 5 rings (SSSR count). The van der Waals surface area contributed by atoms with Crippen LogP contribution < -0.4 is 10.1 Å². The maximum atomic E-state index is 14.4. The first-order valence-corrected chi connectivity index (χ1v) is 14.8. The number of amides is 2. The summed E-state index contributed by atoms with van der Waals surface area (Å²) in [6, 6.07) is 19.4. The molecule has 1 aromatic heterocycles. The van der Waals surface area contributed by atoms with E-state index in [-0.39, 0.29) is 42.2 Å². The van der Waals surface area contributed by atoms with Crippen LogP contribution in [0, 0.1) is 5.95 Å². The van der Waals surface area contributed by atoms with E-state index in [1.54, 1.807) is 71.6 Å². The summed E-state index contributed by atoms with van der Waals surface area (Å²) in [6.45, 7) is 1.65. The molecule has 2 N–H and O–H groups in total. The number of alkyl carbamates (subject to hydrolysis) is 1. The Balaban J connectivity index is 1.27. The fourth-order valence-electron chi connectivity index (χ4n) is 5.23. The monoisotopic (exact) mass is 636 g/mol. The summed E-state index contributed by atoms with van der Waals surface area (Å²) >= 11 is 0. The van der Waals surface area contributed by atoms with Crippen molar-refractivity contribution >= 4 is 34.0 Å². The Morgan fingerprint density at radius 3 is 2.39 bits per heavy atom. The molecule has 1 aliphatic heterocycles. The minimum absolute atomic E-state index is 0.0305. The summed E-state index contributed by atoms with van der Waals surface area (Å²) in [4.78, 5) is 25.7. The van der Waals surface area contributed by atoms with Crippen LogP contribution in [-0.4, -0.2) is 66.1 Å². The number of hydrogen-bond acceptors (Lipinski definition) is 5. The Kier molecular flexibility index (Phi) is 10.4. The van der Waals surface area contributed by atoms with Gasteiger partial charge in [0, 0.05) is 19.2 Å². The standard InChI is InChI=1S/C34H32F4N4O4/c35-32-27-21-25(12-15-29(27)40-41-32)31(28(22-34(36,37)38)23-7-2-1-3-8-23)24-10-13-26(14-11-24)45-20-16-39-33(44)46-19-6-9-30(43)42-17-4-5-18-42/h1-3,6-15,21H,4-5,16-20,22H2,(H,39,44)(H,40,41)/b9-6+,31-28+. The zero-order valence-corrected chi connectivity index (χ0v) is 24.8. The molecule has 8 nitrogen and oxygen atoms in total. The Hall–Kier alpha value is -5.13. The Morgan fingerprint density at radius 2 is 1.67 bits per heavy atom. The average molecular weight is 637 g/mol. The average Bonchev–Trinajstić information content (AvgIpc) is 3.72. The van der Waals surface area contributed by atoms with Crippen molar-refractivity contribution in [2.45, 2.75) is 25.4 Å². The molecule has 0 bridgehead atoms. The number of ether oxygens (including phenoxy) is 2. The van der Waals surface area contributed by atoms with Crippen molar-refractivity contribution in [3.8, 4) is 5.75 Å². The minimum atomic E-state index is -4.51. The normalized spacial score (nSPS) is 14.0. The molecule has 240 valence electrons. The van der Waals surface area contributed by atoms with E-state index in [1.165, 1.54) is 18.2 Å². The summed E-state index contributed by atoms with van der Waals surface area (Å²) in [5.41, 5.74) is 1.91. The van der Waals surface area contributed by atoms with Crippen molar-refractivity contribution in [2.24, 2.45) is 0 Å². The number of halogens is 4. The molecule has 0 saturated carbocycles. The first kappa shape index (κ1) is 32.3. The lowest BCUT2D eigenvalue weighted by molar-refractivity contribution is -0.125. The number of fused-ring (bicyclic) bond motifs is 1. The highest BCUT2D eigenvalue weighted by atomic mass is 19.4. The molecule has 12 heteroatoms. The predicted molar refractivity (Wildman–Crippen MR) is 165 cm³/mol. The van der Waals surface area contributed by atoms with Crippen LogP contribution in [-0.2, 0) is 9.53 Å². The van der Waals surface area contributed by atoms with Crippen molar-refractivity contribution in [3.63, 3.8) is 0 Å². The number of nitrogens with zero attached hydrogens (tertiary/aromatic N) is 2. The fourth-order valence-corrected chi connectivity index (χ4v) is 5.23. The smallest absolute Gasteiger partial charge is 0.407 e. The maximum Gasteiger partial charge on any atom is 0.407 e. The van der Waals surface area contributed by atoms with Crippen LogP contribution in [0.15, 0.2) is 84.9 Å². The highest BCUT2D eigenvalue weighted by molar-refractivity contribution is 6.00. The van der Waals surface area contributed by atoms with Gasteiger partial charge in [-0.3, -0.25) is 9.89 Å². The second-order valence-corrected chi connectivity index (χ2v) is 10.6. The third-order valence-electron chi connectivity index (χ3n) is 7.37. The molecule has 4 aromatic rings. The van der Waals surface area contributed by atoms with E-state index >= 15 is 0 Å². The van der Waals surface area contributed by atoms with Crippen LogP contribution in [0.1, 0.15) is 36.0 Å². The van der Waals surface area contributed by atoms with Gasteiger partial charge >= 0.3 is 12.3 Å². The SMILES string of the molecule is O=C(NCCOc1ccc(/C(=C(/CC(F)(F)F)c2ccccc2)c2ccc3n[nH]c(F)c3c2)cc1)OC/C=C/C(=O)N1CCCC1. The fraction of sp³-hybridized carbons (Fsp3) is 0.265. The van der Waals surface area contributed by atoms with E-state index in [4.69, 9.17) is 9.47 Å². The van der Waals surface area contributed by atoms with Gasteiger partial charge in [-0.1, -0.05) is 48.5 Å². The van der Waals surface area contributed by atoms with E-state index < -0.39 is 24.6 Å². The molecule has 0 unspecified atom stereocenters. The van der Waals surface area contributed by atoms with E-state index in [2.05, 4.69) is 15.5 Å². The number of likely N-dealkylation sites (tertiary alicyclic amines) is 1. The summed E-state index contributed by atoms with van der Waals surface area (Å²) in [5, 5.41) is 8.86. The number of benzene rings is 3. The lowest BCUT2D eigenvalue weighted by atomic mass is 9.87. The lowest BCUT2D eigenvalue weighted by Gasteiger charge is -2.19. The van der Waals surface area contributed by atoms with Crippen LogP contribution in [0.25, 0.3) is 22.0 Å². The highest BCUT2D eigenvalue weighted by Crippen LogP contribution is 2.40. The molecular weight excluding hydrogens is 604 g/mol. The van der Waals surface area contributed by atoms with Gasteiger partial charge in [-0.2, -0.15) is 22.7 Å². The van der Waals surface area contributed by atoms with Crippen molar-refractivity contribution in [2.75, 3.05) is 32.8 Å². The van der Waals surface area contributed by atoms with Crippen LogP contribution in [0.3, 0.4) is 0 Å². The molecule has 1 fully saturated rings. The third-order valence-corrected chi connectivity index (χ3v) is 7.37. The number of carbonyl (C=O) groups is 2. The number of allylic oxidation sites excluding steroid dienone is 1. The largest absolute Gasteiger partial charge is 0.492 e. The van der Waals surface area contributed by atoms with Crippen molar-refractivity contribution in [1.29, 1.82) is 0 Å². The van der Waals surface area contributed by atoms with Crippen molar-refractivity contribution < 1.29 is 36.6 Å². The minimum Gasteiger partial charge on any atom is -0.492 e. The molecule has 2 amide bonds. The van der Waals surface area contributed by atoms with Gasteiger partial charge in [0.2, 0.25) is 11.9 Å². The maximum absolute atomic E-state index is 14.4. The molecule has 1 saturated heterocycles. The molecular formula is C34H32F4N4O4. The van der Waals surface area contributed by atoms with Gasteiger partial charge in [0.25, 0.3) is 0 Å². The number of aromatic amines is 1. The first-order chi connectivity index (χ1) is 22.2. The zero-order valence-electron chi connectivity index (χ0n) is 24.8. The predicted octanol–water partition coefficient (Wildman–Crippen LogP) is 6.90. The van der Waals surface area contributed by atoms with Gasteiger partial charge in [-0.25, -0.2) is 4.79 Å². The number of alkyl halides is 3. The Morgan fingerprint density at radius 1 is 0.957 bits per heavy atom. The Bertz CT molecular complexity index is 1710. The van der Waals surface area contributed by atoms with Crippen LogP contribution >= 0.6 is 0 Å². The zero-order chi connectivity index (χ0) is 32.5. The molecule has 3 aromatic carbocycles. The van der Waals surface area contributed by atoms with Crippen LogP contribution in [0.4, 0.5) is 22.4 Å². The summed E-state index contributed by atoms with van der Waals surface area (Å²) in [6.07, 6.45) is -1.52. The molecule has 0 spiro atoms. The third kappa shape index (κ3) is 8.52. The van der Waals surface area contributed by atoms with Crippen LogP contribution in [0.2, 0.25) is 0 Å². The number of hydrogen-bond donors (Lipinski definition) is 2. The molecule has 0 atom stereocenters. The quantitative estimate of drug-likeness (QED) is 0.0809. The van der Waals surface area contributed by atoms with E-state index in [9.17, 15) is 27.2 Å². The molecule has 0 aliphatic carbocycles. The summed E-state index contributed by atoms with van der Waals surface area (Å²) < 4.78 is 67.0. The van der Waals surface area contributed by atoms with E-state index in [0.29, 0.717) is 28.0 Å². The van der Waals surface area contributed by atoms with Gasteiger partial charge in [0.1, 0.15) is 19.0 Å². The summed E-state index contributed by atoms with van der Waals surface area (Å²) in [7, 11) is 0. The number of H-pyrrole nitrogens is 1. The van der Waals surface area contributed by atoms with Gasteiger partial charge in [-0.05, 0) is 71.0 Å².